The average Bonchev–Trinajstić information content (AvgIpc) is 3.20. The Morgan fingerprint density at radius 1 is 1.00 bits per heavy atom. The van der Waals surface area contributed by atoms with Crippen molar-refractivity contribution in [1.82, 2.24) is 14.3 Å². The van der Waals surface area contributed by atoms with Crippen LogP contribution in [0.25, 0.3) is 5.69 Å². The van der Waals surface area contributed by atoms with E-state index in [9.17, 15) is 9.59 Å². The van der Waals surface area contributed by atoms with Crippen LogP contribution in [-0.2, 0) is 23.8 Å². The molecule has 42 heavy (non-hydrogen) atoms. The molecule has 0 atom stereocenters. The third-order valence-electron chi connectivity index (χ3n) is 8.29. The second kappa shape index (κ2) is 12.6. The number of carbonyl (C=O) groups is 1. The van der Waals surface area contributed by atoms with E-state index in [-0.39, 0.29) is 23.3 Å². The summed E-state index contributed by atoms with van der Waals surface area (Å²) < 4.78 is 15.8. The van der Waals surface area contributed by atoms with Crippen LogP contribution in [0.3, 0.4) is 0 Å². The standard InChI is InChI=1S/C33H37BrN4O4/c1-23-31(32(40)38(36(23)3)27-11-6-5-7-12-27)35-30(39)22-42-28-14-13-24(19-29(28)41-4)21-37-17-15-33(2,16-18-37)25-9-8-10-26(34)20-25/h5-14,19-20H,15-18,21-22H2,1-4H3,(H,35,39). The molecule has 1 saturated heterocycles. The van der Waals surface area contributed by atoms with Gasteiger partial charge in [-0.2, -0.15) is 0 Å². The number of para-hydroxylation sites is 1. The maximum atomic E-state index is 13.1. The van der Waals surface area contributed by atoms with Gasteiger partial charge in [0.2, 0.25) is 0 Å². The highest BCUT2D eigenvalue weighted by Gasteiger charge is 2.32. The lowest BCUT2D eigenvalue weighted by Crippen LogP contribution is -2.40. The third-order valence-corrected chi connectivity index (χ3v) is 8.79. The first kappa shape index (κ1) is 29.7. The van der Waals surface area contributed by atoms with E-state index < -0.39 is 5.91 Å². The van der Waals surface area contributed by atoms with Crippen molar-refractivity contribution in [3.63, 3.8) is 0 Å². The summed E-state index contributed by atoms with van der Waals surface area (Å²) in [6.07, 6.45) is 2.18. The Morgan fingerprint density at radius 3 is 2.43 bits per heavy atom. The number of hydrogen-bond donors (Lipinski definition) is 1. The molecule has 2 heterocycles. The number of amides is 1. The lowest BCUT2D eigenvalue weighted by atomic mass is 9.74. The van der Waals surface area contributed by atoms with Crippen molar-refractivity contribution in [3.8, 4) is 17.2 Å². The van der Waals surface area contributed by atoms with Gasteiger partial charge in [-0.25, -0.2) is 4.68 Å². The van der Waals surface area contributed by atoms with Gasteiger partial charge in [0.05, 0.1) is 18.5 Å². The number of piperidine rings is 1. The molecule has 3 aromatic carbocycles. The number of hydrogen-bond acceptors (Lipinski definition) is 5. The van der Waals surface area contributed by atoms with Crippen LogP contribution in [-0.4, -0.2) is 47.0 Å². The molecule has 0 aliphatic carbocycles. The zero-order valence-electron chi connectivity index (χ0n) is 24.5. The molecule has 1 amide bonds. The van der Waals surface area contributed by atoms with Crippen LogP contribution in [0.2, 0.25) is 0 Å². The Hall–Kier alpha value is -3.82. The molecule has 1 aliphatic rings. The van der Waals surface area contributed by atoms with Gasteiger partial charge >= 0.3 is 0 Å². The molecule has 0 spiro atoms. The first-order chi connectivity index (χ1) is 20.2. The Morgan fingerprint density at radius 2 is 1.74 bits per heavy atom. The number of likely N-dealkylation sites (tertiary alicyclic amines) is 1. The minimum atomic E-state index is -0.422. The molecule has 1 aliphatic heterocycles. The predicted molar refractivity (Wildman–Crippen MR) is 169 cm³/mol. The second-order valence-electron chi connectivity index (χ2n) is 11.1. The second-order valence-corrected chi connectivity index (χ2v) is 12.0. The van der Waals surface area contributed by atoms with Crippen molar-refractivity contribution < 1.29 is 14.3 Å². The van der Waals surface area contributed by atoms with E-state index in [0.717, 1.165) is 48.2 Å². The van der Waals surface area contributed by atoms with Gasteiger partial charge in [-0.05, 0) is 85.8 Å². The van der Waals surface area contributed by atoms with Crippen molar-refractivity contribution in [1.29, 1.82) is 0 Å². The summed E-state index contributed by atoms with van der Waals surface area (Å²) in [6.45, 7) is 6.73. The van der Waals surface area contributed by atoms with Crippen LogP contribution >= 0.6 is 15.9 Å². The van der Waals surface area contributed by atoms with E-state index in [4.69, 9.17) is 9.47 Å². The predicted octanol–water partition coefficient (Wildman–Crippen LogP) is 5.83. The zero-order valence-corrected chi connectivity index (χ0v) is 26.1. The van der Waals surface area contributed by atoms with Gasteiger partial charge in [0.1, 0.15) is 5.69 Å². The Labute approximate surface area is 255 Å². The highest BCUT2D eigenvalue weighted by Crippen LogP contribution is 2.37. The number of aromatic nitrogens is 2. The average molecular weight is 634 g/mol. The highest BCUT2D eigenvalue weighted by atomic mass is 79.9. The van der Waals surface area contributed by atoms with E-state index in [0.29, 0.717) is 17.2 Å². The summed E-state index contributed by atoms with van der Waals surface area (Å²) in [7, 11) is 3.38. The quantitative estimate of drug-likeness (QED) is 0.251. The molecule has 1 aromatic heterocycles. The highest BCUT2D eigenvalue weighted by molar-refractivity contribution is 9.10. The summed E-state index contributed by atoms with van der Waals surface area (Å²) in [5, 5.41) is 2.74. The van der Waals surface area contributed by atoms with Gasteiger partial charge in [-0.3, -0.25) is 19.2 Å². The van der Waals surface area contributed by atoms with Gasteiger partial charge in [0, 0.05) is 18.1 Å². The SMILES string of the molecule is COc1cc(CN2CCC(C)(c3cccc(Br)c3)CC2)ccc1OCC(=O)Nc1c(C)n(C)n(-c2ccccc2)c1=O. The number of nitrogens with zero attached hydrogens (tertiary/aromatic N) is 3. The number of nitrogens with one attached hydrogen (secondary N) is 1. The van der Waals surface area contributed by atoms with Crippen LogP contribution in [0.5, 0.6) is 11.5 Å². The number of ether oxygens (including phenoxy) is 2. The molecule has 0 saturated carbocycles. The summed E-state index contributed by atoms with van der Waals surface area (Å²) in [4.78, 5) is 28.4. The normalized spacial score (nSPS) is 14.9. The number of anilines is 1. The monoisotopic (exact) mass is 632 g/mol. The third kappa shape index (κ3) is 6.32. The number of halogens is 1. The molecule has 220 valence electrons. The largest absolute Gasteiger partial charge is 0.493 e. The number of benzene rings is 3. The molecule has 1 fully saturated rings. The molecule has 4 aromatic rings. The zero-order chi connectivity index (χ0) is 29.9. The molecule has 1 N–H and O–H groups in total. The van der Waals surface area contributed by atoms with Gasteiger partial charge < -0.3 is 14.8 Å². The van der Waals surface area contributed by atoms with E-state index in [1.54, 1.807) is 25.8 Å². The van der Waals surface area contributed by atoms with Gasteiger partial charge in [0.25, 0.3) is 11.5 Å². The molecular weight excluding hydrogens is 596 g/mol. The molecule has 8 nitrogen and oxygen atoms in total. The molecule has 9 heteroatoms. The van der Waals surface area contributed by atoms with Gasteiger partial charge in [-0.15, -0.1) is 0 Å². The Balaban J connectivity index is 1.19. The van der Waals surface area contributed by atoms with Gasteiger partial charge in [0.15, 0.2) is 18.1 Å². The fourth-order valence-corrected chi connectivity index (χ4v) is 5.98. The maximum Gasteiger partial charge on any atom is 0.295 e. The molecular formula is C33H37BrN4O4. The fourth-order valence-electron chi connectivity index (χ4n) is 5.58. The van der Waals surface area contributed by atoms with E-state index in [1.165, 1.54) is 10.2 Å². The van der Waals surface area contributed by atoms with E-state index in [2.05, 4.69) is 57.3 Å². The van der Waals surface area contributed by atoms with Crippen LogP contribution in [0, 0.1) is 6.92 Å². The van der Waals surface area contributed by atoms with Crippen molar-refractivity contribution >= 4 is 27.5 Å². The minimum Gasteiger partial charge on any atom is -0.493 e. The fraction of sp³-hybridized carbons (Fsp3) is 0.333. The Kier molecular flexibility index (Phi) is 8.89. The first-order valence-electron chi connectivity index (χ1n) is 14.1. The lowest BCUT2D eigenvalue weighted by molar-refractivity contribution is -0.118. The molecule has 0 unspecified atom stereocenters. The molecule has 5 rings (SSSR count). The van der Waals surface area contributed by atoms with Crippen LogP contribution in [0.4, 0.5) is 5.69 Å². The van der Waals surface area contributed by atoms with Crippen molar-refractivity contribution in [2.45, 2.75) is 38.6 Å². The Bertz CT molecular complexity index is 1620. The number of methoxy groups -OCH3 is 1. The van der Waals surface area contributed by atoms with Gasteiger partial charge in [-0.1, -0.05) is 59.3 Å². The lowest BCUT2D eigenvalue weighted by Gasteiger charge is -2.40. The number of rotatable bonds is 9. The van der Waals surface area contributed by atoms with Crippen molar-refractivity contribution in [2.75, 3.05) is 32.1 Å². The van der Waals surface area contributed by atoms with E-state index >= 15 is 0 Å². The van der Waals surface area contributed by atoms with Crippen molar-refractivity contribution in [3.05, 3.63) is 104 Å². The summed E-state index contributed by atoms with van der Waals surface area (Å²) in [5.41, 5.74) is 3.97. The number of carbonyl (C=O) groups excluding carboxylic acids is 1. The maximum absolute atomic E-state index is 13.1. The van der Waals surface area contributed by atoms with Crippen molar-refractivity contribution in [2.24, 2.45) is 7.05 Å². The van der Waals surface area contributed by atoms with Crippen LogP contribution < -0.4 is 20.3 Å². The first-order valence-corrected chi connectivity index (χ1v) is 14.9. The van der Waals surface area contributed by atoms with Crippen LogP contribution in [0.1, 0.15) is 36.6 Å². The van der Waals surface area contributed by atoms with E-state index in [1.807, 2.05) is 48.5 Å². The minimum absolute atomic E-state index is 0.170. The smallest absolute Gasteiger partial charge is 0.295 e. The van der Waals surface area contributed by atoms with Crippen LogP contribution in [0.15, 0.2) is 82.1 Å². The summed E-state index contributed by atoms with van der Waals surface area (Å²) in [6, 6.07) is 23.8. The molecule has 0 bridgehead atoms. The molecule has 0 radical (unpaired) electrons. The summed E-state index contributed by atoms with van der Waals surface area (Å²) >= 11 is 3.61. The summed E-state index contributed by atoms with van der Waals surface area (Å²) in [5.74, 6) is 0.622. The topological polar surface area (TPSA) is 77.7 Å².